The van der Waals surface area contributed by atoms with E-state index in [1.807, 2.05) is 33.1 Å². The van der Waals surface area contributed by atoms with Gasteiger partial charge in [-0.15, -0.1) is 11.3 Å². The van der Waals surface area contributed by atoms with Crippen LogP contribution in [0.1, 0.15) is 51.4 Å². The van der Waals surface area contributed by atoms with E-state index in [-0.39, 0.29) is 12.1 Å². The van der Waals surface area contributed by atoms with Crippen molar-refractivity contribution in [3.8, 4) is 0 Å². The van der Waals surface area contributed by atoms with Gasteiger partial charge in [0.05, 0.1) is 12.3 Å². The zero-order valence-corrected chi connectivity index (χ0v) is 12.5. The van der Waals surface area contributed by atoms with E-state index in [0.717, 1.165) is 10.7 Å². The second-order valence-electron chi connectivity index (χ2n) is 4.51. The number of ether oxygens (including phenoxy) is 2. The summed E-state index contributed by atoms with van der Waals surface area (Å²) in [7, 11) is 0. The summed E-state index contributed by atoms with van der Waals surface area (Å²) in [6.07, 6.45) is -0.0354. The first kappa shape index (κ1) is 15.1. The fourth-order valence-electron chi connectivity index (χ4n) is 1.50. The Kier molecular flexibility index (Phi) is 5.28. The highest BCUT2D eigenvalue weighted by atomic mass is 32.1. The smallest absolute Gasteiger partial charge is 0.317 e. The molecule has 1 aromatic heterocycles. The molecule has 1 aromatic rings. The second kappa shape index (κ2) is 6.29. The molecule has 5 heteroatoms. The summed E-state index contributed by atoms with van der Waals surface area (Å²) in [6.45, 7) is 10.4. The number of hydrogen-bond acceptors (Lipinski definition) is 5. The number of thiazole rings is 1. The van der Waals surface area contributed by atoms with Crippen molar-refractivity contribution < 1.29 is 14.3 Å². The molecule has 1 atom stereocenters. The molecule has 1 rings (SSSR count). The summed E-state index contributed by atoms with van der Waals surface area (Å²) in [4.78, 5) is 16.4. The first-order valence-corrected chi connectivity index (χ1v) is 7.06. The number of carbonyl (C=O) groups excluding carboxylic acids is 1. The molecule has 0 fully saturated rings. The van der Waals surface area contributed by atoms with Gasteiger partial charge in [0, 0.05) is 12.0 Å². The lowest BCUT2D eigenvalue weighted by Gasteiger charge is -2.19. The van der Waals surface area contributed by atoms with Gasteiger partial charge in [-0.25, -0.2) is 4.98 Å². The number of esters is 1. The molecule has 0 aromatic carbocycles. The molecule has 4 nitrogen and oxygen atoms in total. The van der Waals surface area contributed by atoms with Gasteiger partial charge in [-0.2, -0.15) is 0 Å². The largest absolute Gasteiger partial charge is 0.465 e. The minimum absolute atomic E-state index is 0.0354. The van der Waals surface area contributed by atoms with Crippen molar-refractivity contribution in [1.29, 1.82) is 0 Å². The Morgan fingerprint density at radius 1 is 1.44 bits per heavy atom. The van der Waals surface area contributed by atoms with Gasteiger partial charge in [-0.3, -0.25) is 4.79 Å². The van der Waals surface area contributed by atoms with Crippen LogP contribution < -0.4 is 0 Å². The van der Waals surface area contributed by atoms with Crippen LogP contribution in [0.25, 0.3) is 0 Å². The van der Waals surface area contributed by atoms with Crippen LogP contribution in [-0.2, 0) is 19.7 Å². The normalized spacial score (nSPS) is 13.4. The summed E-state index contributed by atoms with van der Waals surface area (Å²) in [5.41, 5.74) is 0.0314. The average Bonchev–Trinajstić information content (AvgIpc) is 2.79. The maximum atomic E-state index is 11.9. The van der Waals surface area contributed by atoms with Gasteiger partial charge in [0.1, 0.15) is 16.5 Å². The standard InChI is InChI=1S/C13H21NO3S/c1-6-16-9(3)11-14-10(8-18-11)13(4,5)12(15)17-7-2/h8-9H,6-7H2,1-5H3/t9-/m0/s1. The van der Waals surface area contributed by atoms with Crippen molar-refractivity contribution in [2.45, 2.75) is 46.1 Å². The molecule has 102 valence electrons. The Hall–Kier alpha value is -0.940. The molecule has 1 heterocycles. The maximum Gasteiger partial charge on any atom is 0.317 e. The molecular weight excluding hydrogens is 250 g/mol. The predicted molar refractivity (Wildman–Crippen MR) is 71.8 cm³/mol. The first-order chi connectivity index (χ1) is 8.43. The Morgan fingerprint density at radius 2 is 2.11 bits per heavy atom. The summed E-state index contributed by atoms with van der Waals surface area (Å²) in [6, 6.07) is 0. The molecule has 0 amide bonds. The number of rotatable bonds is 6. The van der Waals surface area contributed by atoms with Crippen molar-refractivity contribution >= 4 is 17.3 Å². The molecule has 0 N–H and O–H groups in total. The molecule has 18 heavy (non-hydrogen) atoms. The average molecular weight is 271 g/mol. The van der Waals surface area contributed by atoms with Crippen molar-refractivity contribution in [2.24, 2.45) is 0 Å². The van der Waals surface area contributed by atoms with Gasteiger partial charge in [0.25, 0.3) is 0 Å². The van der Waals surface area contributed by atoms with Gasteiger partial charge in [0.15, 0.2) is 0 Å². The second-order valence-corrected chi connectivity index (χ2v) is 5.40. The minimum Gasteiger partial charge on any atom is -0.465 e. The third kappa shape index (κ3) is 3.29. The highest BCUT2D eigenvalue weighted by Crippen LogP contribution is 2.29. The van der Waals surface area contributed by atoms with E-state index in [0.29, 0.717) is 13.2 Å². The lowest BCUT2D eigenvalue weighted by atomic mass is 9.90. The Labute approximate surface area is 112 Å². The van der Waals surface area contributed by atoms with E-state index in [1.54, 1.807) is 6.92 Å². The van der Waals surface area contributed by atoms with Crippen LogP contribution in [0.15, 0.2) is 5.38 Å². The number of carbonyl (C=O) groups is 1. The number of hydrogen-bond donors (Lipinski definition) is 0. The lowest BCUT2D eigenvalue weighted by Crippen LogP contribution is -2.31. The van der Waals surface area contributed by atoms with E-state index >= 15 is 0 Å². The monoisotopic (exact) mass is 271 g/mol. The summed E-state index contributed by atoms with van der Waals surface area (Å²) in [5.74, 6) is -0.245. The fraction of sp³-hybridized carbons (Fsp3) is 0.692. The van der Waals surface area contributed by atoms with Crippen LogP contribution in [-0.4, -0.2) is 24.2 Å². The van der Waals surface area contributed by atoms with Crippen molar-refractivity contribution in [3.05, 3.63) is 16.1 Å². The Morgan fingerprint density at radius 3 is 2.67 bits per heavy atom. The molecule has 0 unspecified atom stereocenters. The van der Waals surface area contributed by atoms with Crippen molar-refractivity contribution in [2.75, 3.05) is 13.2 Å². The first-order valence-electron chi connectivity index (χ1n) is 6.18. The SMILES string of the molecule is CCOC(=O)C(C)(C)c1csc([C@H](C)OCC)n1. The van der Waals surface area contributed by atoms with Crippen LogP contribution in [0, 0.1) is 0 Å². The molecule has 0 aliphatic rings. The van der Waals surface area contributed by atoms with Gasteiger partial charge in [-0.05, 0) is 34.6 Å². The number of aromatic nitrogens is 1. The van der Waals surface area contributed by atoms with E-state index in [2.05, 4.69) is 4.98 Å². The summed E-state index contributed by atoms with van der Waals surface area (Å²) >= 11 is 1.52. The molecule has 0 aliphatic carbocycles. The molecule has 0 aliphatic heterocycles. The van der Waals surface area contributed by atoms with E-state index < -0.39 is 5.41 Å². The van der Waals surface area contributed by atoms with Crippen LogP contribution in [0.3, 0.4) is 0 Å². The van der Waals surface area contributed by atoms with Gasteiger partial charge in [0.2, 0.25) is 0 Å². The topological polar surface area (TPSA) is 48.4 Å². The molecule has 0 bridgehead atoms. The van der Waals surface area contributed by atoms with Gasteiger partial charge < -0.3 is 9.47 Å². The third-order valence-corrected chi connectivity index (χ3v) is 3.72. The van der Waals surface area contributed by atoms with Crippen LogP contribution >= 0.6 is 11.3 Å². The molecular formula is C13H21NO3S. The van der Waals surface area contributed by atoms with Gasteiger partial charge in [-0.1, -0.05) is 0 Å². The van der Waals surface area contributed by atoms with Gasteiger partial charge >= 0.3 is 5.97 Å². The van der Waals surface area contributed by atoms with Crippen molar-refractivity contribution in [1.82, 2.24) is 4.98 Å². The highest BCUT2D eigenvalue weighted by molar-refractivity contribution is 7.09. The van der Waals surface area contributed by atoms with E-state index in [4.69, 9.17) is 9.47 Å². The fourth-order valence-corrected chi connectivity index (χ4v) is 2.49. The quantitative estimate of drug-likeness (QED) is 0.746. The molecule has 0 saturated carbocycles. The molecule has 0 saturated heterocycles. The van der Waals surface area contributed by atoms with Crippen LogP contribution in [0.2, 0.25) is 0 Å². The van der Waals surface area contributed by atoms with Crippen LogP contribution in [0.5, 0.6) is 0 Å². The summed E-state index contributed by atoms with van der Waals surface area (Å²) in [5, 5.41) is 2.80. The molecule has 0 spiro atoms. The van der Waals surface area contributed by atoms with E-state index in [1.165, 1.54) is 11.3 Å². The lowest BCUT2D eigenvalue weighted by molar-refractivity contribution is -0.148. The summed E-state index contributed by atoms with van der Waals surface area (Å²) < 4.78 is 10.6. The Balaban J connectivity index is 2.87. The Bertz CT molecular complexity index is 401. The predicted octanol–water partition coefficient (Wildman–Crippen LogP) is 3.08. The van der Waals surface area contributed by atoms with Crippen molar-refractivity contribution in [3.63, 3.8) is 0 Å². The zero-order chi connectivity index (χ0) is 13.8. The van der Waals surface area contributed by atoms with Crippen LogP contribution in [0.4, 0.5) is 0 Å². The molecule has 0 radical (unpaired) electrons. The maximum absolute atomic E-state index is 11.9. The third-order valence-electron chi connectivity index (χ3n) is 2.71. The minimum atomic E-state index is -0.712. The number of nitrogens with zero attached hydrogens (tertiary/aromatic N) is 1. The van der Waals surface area contributed by atoms with E-state index in [9.17, 15) is 4.79 Å². The highest BCUT2D eigenvalue weighted by Gasteiger charge is 2.34. The zero-order valence-electron chi connectivity index (χ0n) is 11.6.